The van der Waals surface area contributed by atoms with Crippen LogP contribution in [0.2, 0.25) is 5.02 Å². The molecule has 1 saturated carbocycles. The molecule has 1 aliphatic carbocycles. The van der Waals surface area contributed by atoms with Crippen LogP contribution in [0.25, 0.3) is 0 Å². The Hall–Kier alpha value is -0.620. The Bertz CT molecular complexity index is 473. The van der Waals surface area contributed by atoms with E-state index in [9.17, 15) is 13.2 Å². The van der Waals surface area contributed by atoms with Gasteiger partial charge in [-0.25, -0.2) is 4.98 Å². The van der Waals surface area contributed by atoms with Gasteiger partial charge in [0.05, 0.1) is 10.6 Å². The molecule has 2 rings (SSSR count). The van der Waals surface area contributed by atoms with E-state index in [1.807, 2.05) is 0 Å². The Morgan fingerprint density at radius 3 is 2.55 bits per heavy atom. The lowest BCUT2D eigenvalue weighted by Gasteiger charge is -2.27. The molecular formula is C13H16ClF3N2S. The van der Waals surface area contributed by atoms with E-state index in [4.69, 9.17) is 11.6 Å². The molecular weight excluding hydrogens is 309 g/mol. The van der Waals surface area contributed by atoms with Crippen LogP contribution in [-0.2, 0) is 6.18 Å². The smallest absolute Gasteiger partial charge is 0.367 e. The quantitative estimate of drug-likeness (QED) is 0.857. The molecule has 0 aliphatic heterocycles. The third-order valence-corrected chi connectivity index (χ3v) is 5.40. The van der Waals surface area contributed by atoms with E-state index in [2.05, 4.69) is 16.6 Å². The van der Waals surface area contributed by atoms with E-state index in [0.717, 1.165) is 25.1 Å². The van der Waals surface area contributed by atoms with E-state index in [1.54, 1.807) is 11.8 Å². The van der Waals surface area contributed by atoms with E-state index in [1.165, 1.54) is 12.8 Å². The van der Waals surface area contributed by atoms with Gasteiger partial charge in [-0.1, -0.05) is 24.4 Å². The van der Waals surface area contributed by atoms with E-state index < -0.39 is 11.7 Å². The van der Waals surface area contributed by atoms with Gasteiger partial charge in [0, 0.05) is 17.5 Å². The summed E-state index contributed by atoms with van der Waals surface area (Å²) in [6.07, 6.45) is 3.07. The Morgan fingerprint density at radius 1 is 1.40 bits per heavy atom. The van der Waals surface area contributed by atoms with Crippen molar-refractivity contribution in [1.29, 1.82) is 0 Å². The molecule has 1 aromatic heterocycles. The number of aromatic nitrogens is 1. The van der Waals surface area contributed by atoms with Crippen molar-refractivity contribution in [2.45, 2.75) is 36.6 Å². The first kappa shape index (κ1) is 15.8. The molecule has 1 aliphatic rings. The monoisotopic (exact) mass is 324 g/mol. The summed E-state index contributed by atoms with van der Waals surface area (Å²) in [5.41, 5.74) is -0.825. The number of alkyl halides is 3. The van der Waals surface area contributed by atoms with Gasteiger partial charge in [-0.3, -0.25) is 0 Å². The van der Waals surface area contributed by atoms with Crippen molar-refractivity contribution in [3.8, 4) is 0 Å². The van der Waals surface area contributed by atoms with Gasteiger partial charge in [0.25, 0.3) is 0 Å². The first-order chi connectivity index (χ1) is 9.36. The van der Waals surface area contributed by atoms with E-state index in [0.29, 0.717) is 12.4 Å². The summed E-state index contributed by atoms with van der Waals surface area (Å²) in [6.45, 7) is 0.673. The second-order valence-corrected chi connectivity index (χ2v) is 6.68. The number of hydrogen-bond acceptors (Lipinski definition) is 3. The predicted molar refractivity (Wildman–Crippen MR) is 77.5 cm³/mol. The fraction of sp³-hybridized carbons (Fsp3) is 0.615. The Morgan fingerprint density at radius 2 is 2.05 bits per heavy atom. The normalized spacial score (nSPS) is 18.2. The minimum atomic E-state index is -4.42. The van der Waals surface area contributed by atoms with Crippen molar-refractivity contribution in [3.63, 3.8) is 0 Å². The molecule has 7 heteroatoms. The van der Waals surface area contributed by atoms with Crippen molar-refractivity contribution >= 4 is 29.2 Å². The number of halogens is 4. The van der Waals surface area contributed by atoms with Crippen LogP contribution in [0.3, 0.4) is 0 Å². The van der Waals surface area contributed by atoms with Gasteiger partial charge in [0.1, 0.15) is 5.82 Å². The lowest BCUT2D eigenvalue weighted by Crippen LogP contribution is -2.30. The first-order valence-corrected chi connectivity index (χ1v) is 7.98. The summed E-state index contributed by atoms with van der Waals surface area (Å²) < 4.78 is 37.7. The van der Waals surface area contributed by atoms with Crippen LogP contribution in [0, 0.1) is 0 Å². The second kappa shape index (κ2) is 6.02. The number of thioether (sulfide) groups is 1. The largest absolute Gasteiger partial charge is 0.417 e. The second-order valence-electron chi connectivity index (χ2n) is 5.00. The molecule has 0 aromatic carbocycles. The molecule has 112 valence electrons. The molecule has 0 unspecified atom stereocenters. The lowest BCUT2D eigenvalue weighted by molar-refractivity contribution is -0.137. The van der Waals surface area contributed by atoms with Crippen LogP contribution in [0.5, 0.6) is 0 Å². The zero-order valence-electron chi connectivity index (χ0n) is 11.1. The highest BCUT2D eigenvalue weighted by molar-refractivity contribution is 8.00. The average Bonchev–Trinajstić information content (AvgIpc) is 2.85. The molecule has 20 heavy (non-hydrogen) atoms. The molecule has 1 N–H and O–H groups in total. The maximum absolute atomic E-state index is 12.5. The maximum atomic E-state index is 12.5. The van der Waals surface area contributed by atoms with Crippen LogP contribution in [0.1, 0.15) is 31.2 Å². The van der Waals surface area contributed by atoms with Gasteiger partial charge in [-0.2, -0.15) is 24.9 Å². The number of nitrogens with one attached hydrogen (secondary N) is 1. The molecule has 0 amide bonds. The molecule has 0 atom stereocenters. The topological polar surface area (TPSA) is 24.9 Å². The fourth-order valence-electron chi connectivity index (χ4n) is 2.44. The molecule has 0 radical (unpaired) electrons. The highest BCUT2D eigenvalue weighted by atomic mass is 35.5. The zero-order chi connectivity index (χ0) is 14.8. The van der Waals surface area contributed by atoms with Crippen molar-refractivity contribution < 1.29 is 13.2 Å². The number of nitrogens with zero attached hydrogens (tertiary/aromatic N) is 1. The van der Waals surface area contributed by atoms with Crippen LogP contribution in [0.15, 0.2) is 12.3 Å². The van der Waals surface area contributed by atoms with Gasteiger partial charge < -0.3 is 5.32 Å². The zero-order valence-corrected chi connectivity index (χ0v) is 12.6. The number of anilines is 1. The Labute approximate surface area is 125 Å². The van der Waals surface area contributed by atoms with Crippen LogP contribution in [0.4, 0.5) is 19.0 Å². The molecule has 2 nitrogen and oxygen atoms in total. The lowest BCUT2D eigenvalue weighted by atomic mass is 10.1. The van der Waals surface area contributed by atoms with E-state index in [-0.39, 0.29) is 9.77 Å². The Kier molecular flexibility index (Phi) is 4.74. The third kappa shape index (κ3) is 3.52. The highest BCUT2D eigenvalue weighted by Gasteiger charge is 2.34. The molecule has 1 heterocycles. The number of pyridine rings is 1. The SMILES string of the molecule is CSC1(CNc2ncc(C(F)(F)F)cc2Cl)CCCC1. The van der Waals surface area contributed by atoms with Gasteiger partial charge in [-0.05, 0) is 25.2 Å². The predicted octanol–water partition coefficient (Wildman–Crippen LogP) is 4.84. The summed E-state index contributed by atoms with van der Waals surface area (Å²) in [5, 5.41) is 3.10. The molecule has 0 saturated heterocycles. The van der Waals surface area contributed by atoms with Gasteiger partial charge in [0.2, 0.25) is 0 Å². The van der Waals surface area contributed by atoms with Crippen molar-refractivity contribution in [2.24, 2.45) is 0 Å². The number of rotatable bonds is 4. The first-order valence-electron chi connectivity index (χ1n) is 6.38. The summed E-state index contributed by atoms with van der Waals surface area (Å²) >= 11 is 7.68. The van der Waals surface area contributed by atoms with Gasteiger partial charge >= 0.3 is 6.18 Å². The minimum Gasteiger partial charge on any atom is -0.367 e. The van der Waals surface area contributed by atoms with Crippen molar-refractivity contribution in [3.05, 3.63) is 22.8 Å². The minimum absolute atomic E-state index is 0.00840. The molecule has 0 spiro atoms. The third-order valence-electron chi connectivity index (χ3n) is 3.69. The summed E-state index contributed by atoms with van der Waals surface area (Å²) in [6, 6.07) is 0.914. The van der Waals surface area contributed by atoms with Crippen LogP contribution >= 0.6 is 23.4 Å². The van der Waals surface area contributed by atoms with Crippen LogP contribution in [-0.4, -0.2) is 22.5 Å². The Balaban J connectivity index is 2.07. The highest BCUT2D eigenvalue weighted by Crippen LogP contribution is 2.40. The summed E-state index contributed by atoms with van der Waals surface area (Å²) in [4.78, 5) is 3.80. The van der Waals surface area contributed by atoms with Crippen molar-refractivity contribution in [2.75, 3.05) is 18.1 Å². The molecule has 0 bridgehead atoms. The summed E-state index contributed by atoms with van der Waals surface area (Å²) in [5.74, 6) is 0.319. The average molecular weight is 325 g/mol. The standard InChI is InChI=1S/C13H16ClF3N2S/c1-20-12(4-2-3-5-12)8-19-11-10(14)6-9(7-18-11)13(15,16)17/h6-7H,2-5,8H2,1H3,(H,18,19). The number of hydrogen-bond donors (Lipinski definition) is 1. The maximum Gasteiger partial charge on any atom is 0.417 e. The van der Waals surface area contributed by atoms with Crippen LogP contribution < -0.4 is 5.32 Å². The fourth-order valence-corrected chi connectivity index (χ4v) is 3.59. The summed E-state index contributed by atoms with van der Waals surface area (Å²) in [7, 11) is 0. The van der Waals surface area contributed by atoms with Crippen molar-refractivity contribution in [1.82, 2.24) is 4.98 Å². The molecule has 1 aromatic rings. The van der Waals surface area contributed by atoms with Gasteiger partial charge in [-0.15, -0.1) is 0 Å². The molecule has 1 fully saturated rings. The van der Waals surface area contributed by atoms with Gasteiger partial charge in [0.15, 0.2) is 0 Å². The van der Waals surface area contributed by atoms with E-state index >= 15 is 0 Å².